The Bertz CT molecular complexity index is 1530. The molecule has 2 aliphatic rings. The number of morpholine rings is 1. The monoisotopic (exact) mass is 518 g/mol. The third kappa shape index (κ3) is 4.62. The largest absolute Gasteiger partial charge is 0.378 e. The molecule has 1 aromatic carbocycles. The summed E-state index contributed by atoms with van der Waals surface area (Å²) in [7, 11) is 0. The molecule has 0 bridgehead atoms. The maximum Gasteiger partial charge on any atom is 0.277 e. The first-order chi connectivity index (χ1) is 18.2. The summed E-state index contributed by atoms with van der Waals surface area (Å²) in [6, 6.07) is 7.15. The van der Waals surface area contributed by atoms with Gasteiger partial charge in [-0.2, -0.15) is 14.4 Å². The predicted octanol–water partition coefficient (Wildman–Crippen LogP) is 4.16. The third-order valence-electron chi connectivity index (χ3n) is 6.91. The Morgan fingerprint density at radius 1 is 1.11 bits per heavy atom. The van der Waals surface area contributed by atoms with Crippen molar-refractivity contribution in [3.63, 3.8) is 0 Å². The van der Waals surface area contributed by atoms with Gasteiger partial charge in [0.2, 0.25) is 0 Å². The van der Waals surface area contributed by atoms with Crippen molar-refractivity contribution in [2.24, 2.45) is 0 Å². The number of aromatic nitrogens is 6. The van der Waals surface area contributed by atoms with Crippen LogP contribution in [-0.2, 0) is 10.3 Å². The number of pyridine rings is 1. The molecule has 1 saturated heterocycles. The molecule has 1 saturated carbocycles. The Balaban J connectivity index is 1.38. The van der Waals surface area contributed by atoms with Crippen molar-refractivity contribution in [3.8, 4) is 11.1 Å². The fourth-order valence-electron chi connectivity index (χ4n) is 4.63. The molecule has 1 aliphatic heterocycles. The zero-order valence-corrected chi connectivity index (χ0v) is 22.0. The number of carbonyl (C=O) groups is 1. The van der Waals surface area contributed by atoms with Gasteiger partial charge >= 0.3 is 0 Å². The van der Waals surface area contributed by atoms with E-state index in [1.165, 1.54) is 17.1 Å². The molecule has 1 amide bonds. The predicted molar refractivity (Wildman–Crippen MR) is 141 cm³/mol. The molecule has 11 heteroatoms. The van der Waals surface area contributed by atoms with Gasteiger partial charge in [-0.1, -0.05) is 0 Å². The maximum absolute atomic E-state index is 15.0. The van der Waals surface area contributed by atoms with E-state index in [2.05, 4.69) is 26.5 Å². The minimum Gasteiger partial charge on any atom is -0.378 e. The second kappa shape index (κ2) is 9.16. The fourth-order valence-corrected chi connectivity index (χ4v) is 4.63. The number of hydrogen-bond donors (Lipinski definition) is 1. The van der Waals surface area contributed by atoms with Crippen LogP contribution in [0, 0.1) is 12.7 Å². The number of benzene rings is 1. The Labute approximate surface area is 219 Å². The van der Waals surface area contributed by atoms with Crippen molar-refractivity contribution < 1.29 is 13.9 Å². The van der Waals surface area contributed by atoms with Gasteiger partial charge in [-0.25, -0.2) is 9.37 Å². The van der Waals surface area contributed by atoms with Gasteiger partial charge in [-0.05, 0) is 81.5 Å². The van der Waals surface area contributed by atoms with Crippen LogP contribution in [0.4, 0.5) is 15.9 Å². The molecule has 0 unspecified atom stereocenters. The van der Waals surface area contributed by atoms with Gasteiger partial charge in [0, 0.05) is 19.0 Å². The SMILES string of the molecule is Cc1cc(F)c(NC(=O)c2cnn(C(C)(C)C)n2)cc1-c1cc(N2CCOCC2)n2nc(C3CC3)nc2c1. The number of hydrogen-bond acceptors (Lipinski definition) is 7. The zero-order chi connectivity index (χ0) is 26.6. The van der Waals surface area contributed by atoms with Crippen LogP contribution >= 0.6 is 0 Å². The van der Waals surface area contributed by atoms with Crippen molar-refractivity contribution in [3.05, 3.63) is 53.4 Å². The highest BCUT2D eigenvalue weighted by molar-refractivity contribution is 6.03. The van der Waals surface area contributed by atoms with Crippen LogP contribution in [0.15, 0.2) is 30.5 Å². The lowest BCUT2D eigenvalue weighted by atomic mass is 9.99. The number of halogens is 1. The van der Waals surface area contributed by atoms with Gasteiger partial charge in [0.1, 0.15) is 11.6 Å². The maximum atomic E-state index is 15.0. The van der Waals surface area contributed by atoms with Crippen LogP contribution in [0.1, 0.15) is 61.4 Å². The van der Waals surface area contributed by atoms with Crippen LogP contribution in [0.2, 0.25) is 0 Å². The molecule has 1 aliphatic carbocycles. The van der Waals surface area contributed by atoms with E-state index >= 15 is 4.39 Å². The second-order valence-corrected chi connectivity index (χ2v) is 11.0. The van der Waals surface area contributed by atoms with Crippen LogP contribution in [0.25, 0.3) is 16.8 Å². The van der Waals surface area contributed by atoms with E-state index in [4.69, 9.17) is 14.8 Å². The van der Waals surface area contributed by atoms with Crippen molar-refractivity contribution >= 4 is 23.1 Å². The summed E-state index contributed by atoms with van der Waals surface area (Å²) in [6.07, 6.45) is 3.61. The molecular formula is C27H31FN8O2. The number of aryl methyl sites for hydroxylation is 1. The number of carbonyl (C=O) groups excluding carboxylic acids is 1. The van der Waals surface area contributed by atoms with E-state index in [9.17, 15) is 4.79 Å². The number of amides is 1. The second-order valence-electron chi connectivity index (χ2n) is 11.0. The number of nitrogens with zero attached hydrogens (tertiary/aromatic N) is 7. The standard InChI is InChI=1S/C27H31FN8O2/c1-16-11-20(28)21(30-26(37)22-15-29-36(32-22)27(2,3)4)14-19(16)18-12-23-31-25(17-5-6-17)33-35(23)24(13-18)34-7-9-38-10-8-34/h11-15,17H,5-10H2,1-4H3,(H,30,37). The van der Waals surface area contributed by atoms with E-state index < -0.39 is 11.7 Å². The molecular weight excluding hydrogens is 487 g/mol. The number of anilines is 2. The van der Waals surface area contributed by atoms with Crippen LogP contribution in [0.3, 0.4) is 0 Å². The van der Waals surface area contributed by atoms with Crippen LogP contribution < -0.4 is 10.2 Å². The minimum absolute atomic E-state index is 0.0776. The molecule has 198 valence electrons. The summed E-state index contributed by atoms with van der Waals surface area (Å²) < 4.78 is 22.5. The summed E-state index contributed by atoms with van der Waals surface area (Å²) in [5.74, 6) is 1.17. The Morgan fingerprint density at radius 3 is 2.55 bits per heavy atom. The summed E-state index contributed by atoms with van der Waals surface area (Å²) in [4.78, 5) is 21.5. The summed E-state index contributed by atoms with van der Waals surface area (Å²) >= 11 is 0. The Morgan fingerprint density at radius 2 is 1.87 bits per heavy atom. The quantitative estimate of drug-likeness (QED) is 0.423. The summed E-state index contributed by atoms with van der Waals surface area (Å²) in [5, 5.41) is 15.9. The van der Waals surface area contributed by atoms with E-state index in [1.54, 1.807) is 6.07 Å². The first-order valence-corrected chi connectivity index (χ1v) is 13.0. The van der Waals surface area contributed by atoms with E-state index in [1.807, 2.05) is 38.3 Å². The molecule has 0 spiro atoms. The Kier molecular flexibility index (Phi) is 5.90. The van der Waals surface area contributed by atoms with Gasteiger partial charge < -0.3 is 15.0 Å². The van der Waals surface area contributed by atoms with Gasteiger partial charge in [-0.15, -0.1) is 10.2 Å². The fraction of sp³-hybridized carbons (Fsp3) is 0.444. The highest BCUT2D eigenvalue weighted by atomic mass is 19.1. The average Bonchev–Trinajstić information content (AvgIpc) is 3.43. The number of rotatable bonds is 5. The number of nitrogens with one attached hydrogen (secondary N) is 1. The van der Waals surface area contributed by atoms with Gasteiger partial charge in [0.25, 0.3) is 5.91 Å². The van der Waals surface area contributed by atoms with E-state index in [-0.39, 0.29) is 16.9 Å². The molecule has 4 heterocycles. The molecule has 0 radical (unpaired) electrons. The molecule has 3 aromatic heterocycles. The highest BCUT2D eigenvalue weighted by Gasteiger charge is 2.29. The van der Waals surface area contributed by atoms with Crippen molar-refractivity contribution in [1.29, 1.82) is 0 Å². The lowest BCUT2D eigenvalue weighted by Gasteiger charge is -2.29. The van der Waals surface area contributed by atoms with Crippen molar-refractivity contribution in [2.45, 2.75) is 52.0 Å². The smallest absolute Gasteiger partial charge is 0.277 e. The molecule has 1 N–H and O–H groups in total. The van der Waals surface area contributed by atoms with Crippen molar-refractivity contribution in [1.82, 2.24) is 29.6 Å². The van der Waals surface area contributed by atoms with E-state index in [0.717, 1.165) is 59.9 Å². The highest BCUT2D eigenvalue weighted by Crippen LogP contribution is 2.39. The Hall–Kier alpha value is -3.86. The van der Waals surface area contributed by atoms with Crippen LogP contribution in [0.5, 0.6) is 0 Å². The lowest BCUT2D eigenvalue weighted by Crippen LogP contribution is -2.37. The van der Waals surface area contributed by atoms with Crippen molar-refractivity contribution in [2.75, 3.05) is 36.5 Å². The first kappa shape index (κ1) is 24.5. The molecule has 2 fully saturated rings. The van der Waals surface area contributed by atoms with Gasteiger partial charge in [-0.3, -0.25) is 4.79 Å². The topological polar surface area (TPSA) is 102 Å². The lowest BCUT2D eigenvalue weighted by molar-refractivity contribution is 0.102. The third-order valence-corrected chi connectivity index (χ3v) is 6.91. The van der Waals surface area contributed by atoms with Gasteiger partial charge in [0.05, 0.1) is 30.6 Å². The van der Waals surface area contributed by atoms with E-state index in [0.29, 0.717) is 19.1 Å². The normalized spacial score (nSPS) is 16.3. The minimum atomic E-state index is -0.523. The van der Waals surface area contributed by atoms with Crippen LogP contribution in [-0.4, -0.2) is 61.8 Å². The zero-order valence-electron chi connectivity index (χ0n) is 22.0. The average molecular weight is 519 g/mol. The first-order valence-electron chi connectivity index (χ1n) is 13.0. The summed E-state index contributed by atoms with van der Waals surface area (Å²) in [5.41, 5.74) is 2.99. The molecule has 10 nitrogen and oxygen atoms in total. The molecule has 6 rings (SSSR count). The number of fused-ring (bicyclic) bond motifs is 1. The molecule has 0 atom stereocenters. The number of ether oxygens (including phenoxy) is 1. The van der Waals surface area contributed by atoms with Gasteiger partial charge in [0.15, 0.2) is 17.2 Å². The molecule has 38 heavy (non-hydrogen) atoms. The summed E-state index contributed by atoms with van der Waals surface area (Å²) in [6.45, 7) is 10.4. The molecule has 4 aromatic rings.